The molecule has 2 nitrogen and oxygen atoms in total. The maximum absolute atomic E-state index is 12.2. The molecule has 2 rings (SSSR count). The van der Waals surface area contributed by atoms with Gasteiger partial charge in [0.05, 0.1) is 5.25 Å². The molecular formula is C15H23NOS. The molecule has 1 N–H and O–H groups in total. The van der Waals surface area contributed by atoms with Gasteiger partial charge >= 0.3 is 0 Å². The Hall–Kier alpha value is -0.670. The normalized spacial score (nSPS) is 24.6. The minimum atomic E-state index is -0.717. The van der Waals surface area contributed by atoms with Gasteiger partial charge < -0.3 is 5.32 Å². The highest BCUT2D eigenvalue weighted by Crippen LogP contribution is 2.32. The van der Waals surface area contributed by atoms with E-state index in [0.717, 1.165) is 31.6 Å². The van der Waals surface area contributed by atoms with Crippen molar-refractivity contribution in [2.24, 2.45) is 0 Å². The Morgan fingerprint density at radius 1 is 1.33 bits per heavy atom. The van der Waals surface area contributed by atoms with Crippen molar-refractivity contribution in [2.75, 3.05) is 12.3 Å². The van der Waals surface area contributed by atoms with Gasteiger partial charge in [0.25, 0.3) is 0 Å². The van der Waals surface area contributed by atoms with Crippen LogP contribution in [-0.4, -0.2) is 21.8 Å². The summed E-state index contributed by atoms with van der Waals surface area (Å²) in [4.78, 5) is 0. The third-order valence-electron chi connectivity index (χ3n) is 3.70. The second kappa shape index (κ2) is 6.48. The first-order chi connectivity index (χ1) is 8.77. The summed E-state index contributed by atoms with van der Waals surface area (Å²) in [5.41, 5.74) is 2.79. The third-order valence-corrected chi connectivity index (χ3v) is 5.45. The molecule has 0 bridgehead atoms. The Kier molecular flexibility index (Phi) is 4.95. The molecule has 18 heavy (non-hydrogen) atoms. The van der Waals surface area contributed by atoms with Crippen LogP contribution in [0.15, 0.2) is 24.3 Å². The Bertz CT molecular complexity index is 419. The summed E-state index contributed by atoms with van der Waals surface area (Å²) in [7, 11) is -0.717. The van der Waals surface area contributed by atoms with E-state index in [-0.39, 0.29) is 11.3 Å². The van der Waals surface area contributed by atoms with E-state index in [1.165, 1.54) is 11.1 Å². The minimum Gasteiger partial charge on any atom is -0.309 e. The van der Waals surface area contributed by atoms with E-state index in [1.807, 2.05) is 6.92 Å². The molecule has 3 unspecified atom stereocenters. The second-order valence-corrected chi connectivity index (χ2v) is 6.82. The molecule has 100 valence electrons. The van der Waals surface area contributed by atoms with Crippen LogP contribution in [0, 0.1) is 0 Å². The van der Waals surface area contributed by atoms with E-state index in [4.69, 9.17) is 0 Å². The Morgan fingerprint density at radius 3 is 2.83 bits per heavy atom. The van der Waals surface area contributed by atoms with Gasteiger partial charge in [0.15, 0.2) is 0 Å². The summed E-state index contributed by atoms with van der Waals surface area (Å²) in [6.45, 7) is 5.19. The summed E-state index contributed by atoms with van der Waals surface area (Å²) in [6.07, 6.45) is 3.22. The fourth-order valence-corrected chi connectivity index (χ4v) is 4.12. The monoisotopic (exact) mass is 265 g/mol. The second-order valence-electron chi connectivity index (χ2n) is 4.88. The molecule has 0 aromatic heterocycles. The van der Waals surface area contributed by atoms with E-state index in [9.17, 15) is 4.21 Å². The summed E-state index contributed by atoms with van der Waals surface area (Å²) in [5.74, 6) is 0.761. The van der Waals surface area contributed by atoms with Gasteiger partial charge in [-0.3, -0.25) is 4.21 Å². The highest BCUT2D eigenvalue weighted by molar-refractivity contribution is 7.85. The van der Waals surface area contributed by atoms with Crippen molar-refractivity contribution in [3.05, 3.63) is 35.4 Å². The average molecular weight is 265 g/mol. The predicted octanol–water partition coefficient (Wildman–Crippen LogP) is 2.81. The van der Waals surface area contributed by atoms with E-state index in [2.05, 4.69) is 36.5 Å². The van der Waals surface area contributed by atoms with Crippen LogP contribution in [0.5, 0.6) is 0 Å². The first-order valence-electron chi connectivity index (χ1n) is 6.96. The van der Waals surface area contributed by atoms with Gasteiger partial charge in [-0.15, -0.1) is 0 Å². The molecule has 1 aliphatic rings. The largest absolute Gasteiger partial charge is 0.309 e. The topological polar surface area (TPSA) is 29.1 Å². The molecule has 3 heteroatoms. The molecule has 1 aromatic rings. The lowest BCUT2D eigenvalue weighted by molar-refractivity contribution is 0.463. The quantitative estimate of drug-likeness (QED) is 0.887. The van der Waals surface area contributed by atoms with Gasteiger partial charge in [-0.05, 0) is 36.9 Å². The van der Waals surface area contributed by atoms with Crippen LogP contribution in [0.3, 0.4) is 0 Å². The average Bonchev–Trinajstić information content (AvgIpc) is 2.43. The van der Waals surface area contributed by atoms with Crippen LogP contribution in [0.2, 0.25) is 0 Å². The fraction of sp³-hybridized carbons (Fsp3) is 0.600. The lowest BCUT2D eigenvalue weighted by atomic mass is 9.87. The maximum atomic E-state index is 12.2. The lowest BCUT2D eigenvalue weighted by Gasteiger charge is -2.33. The Labute approximate surface area is 113 Å². The number of hydrogen-bond acceptors (Lipinski definition) is 2. The molecule has 1 aliphatic carbocycles. The van der Waals surface area contributed by atoms with E-state index in [1.54, 1.807) is 0 Å². The van der Waals surface area contributed by atoms with Gasteiger partial charge in [-0.25, -0.2) is 0 Å². The first-order valence-corrected chi connectivity index (χ1v) is 8.34. The number of rotatable bonds is 5. The van der Waals surface area contributed by atoms with Crippen molar-refractivity contribution < 1.29 is 4.21 Å². The van der Waals surface area contributed by atoms with Crippen molar-refractivity contribution in [1.29, 1.82) is 0 Å². The van der Waals surface area contributed by atoms with E-state index < -0.39 is 10.8 Å². The summed E-state index contributed by atoms with van der Waals surface area (Å²) in [6, 6.07) is 8.88. The molecule has 0 aliphatic heterocycles. The molecule has 0 spiro atoms. The van der Waals surface area contributed by atoms with Crippen LogP contribution in [-0.2, 0) is 17.2 Å². The van der Waals surface area contributed by atoms with Crippen molar-refractivity contribution >= 4 is 10.8 Å². The van der Waals surface area contributed by atoms with Gasteiger partial charge in [-0.1, -0.05) is 38.1 Å². The zero-order valence-corrected chi connectivity index (χ0v) is 12.1. The first kappa shape index (κ1) is 13.8. The van der Waals surface area contributed by atoms with Crippen LogP contribution in [0.4, 0.5) is 0 Å². The smallest absolute Gasteiger partial charge is 0.0546 e. The molecule has 0 saturated carbocycles. The highest BCUT2D eigenvalue weighted by Gasteiger charge is 2.32. The fourth-order valence-electron chi connectivity index (χ4n) is 2.77. The summed E-state index contributed by atoms with van der Waals surface area (Å²) >= 11 is 0. The van der Waals surface area contributed by atoms with Crippen molar-refractivity contribution in [1.82, 2.24) is 5.32 Å². The molecule has 1 aromatic carbocycles. The minimum absolute atomic E-state index is 0.274. The Balaban J connectivity index is 2.27. The standard InChI is InChI=1S/C15H23NOS/c1-3-11-16-15-13-8-6-5-7-12(13)9-10-14(15)18(17)4-2/h5-8,14-16H,3-4,9-11H2,1-2H3. The summed E-state index contributed by atoms with van der Waals surface area (Å²) in [5, 5.41) is 3.87. The van der Waals surface area contributed by atoms with Crippen molar-refractivity contribution in [2.45, 2.75) is 44.4 Å². The zero-order valence-electron chi connectivity index (χ0n) is 11.3. The summed E-state index contributed by atoms with van der Waals surface area (Å²) < 4.78 is 12.2. The molecular weight excluding hydrogens is 242 g/mol. The lowest BCUT2D eigenvalue weighted by Crippen LogP contribution is -2.39. The molecule has 3 atom stereocenters. The van der Waals surface area contributed by atoms with Gasteiger partial charge in [0, 0.05) is 22.6 Å². The van der Waals surface area contributed by atoms with Crippen molar-refractivity contribution in [3.8, 4) is 0 Å². The number of benzene rings is 1. The number of fused-ring (bicyclic) bond motifs is 1. The number of aryl methyl sites for hydroxylation is 1. The number of nitrogens with one attached hydrogen (secondary N) is 1. The van der Waals surface area contributed by atoms with Gasteiger partial charge in [-0.2, -0.15) is 0 Å². The van der Waals surface area contributed by atoms with Crippen LogP contribution < -0.4 is 5.32 Å². The molecule has 0 heterocycles. The molecule has 0 saturated heterocycles. The molecule has 0 amide bonds. The van der Waals surface area contributed by atoms with Gasteiger partial charge in [0.1, 0.15) is 0 Å². The third kappa shape index (κ3) is 2.83. The predicted molar refractivity (Wildman–Crippen MR) is 78.3 cm³/mol. The van der Waals surface area contributed by atoms with E-state index >= 15 is 0 Å². The number of hydrogen-bond donors (Lipinski definition) is 1. The Morgan fingerprint density at radius 2 is 2.11 bits per heavy atom. The van der Waals surface area contributed by atoms with Gasteiger partial charge in [0.2, 0.25) is 0 Å². The van der Waals surface area contributed by atoms with Crippen LogP contribution in [0.25, 0.3) is 0 Å². The van der Waals surface area contributed by atoms with E-state index in [0.29, 0.717) is 0 Å². The van der Waals surface area contributed by atoms with Crippen LogP contribution >= 0.6 is 0 Å². The van der Waals surface area contributed by atoms with Crippen molar-refractivity contribution in [3.63, 3.8) is 0 Å². The SMILES string of the molecule is CCCNC1c2ccccc2CCC1S(=O)CC. The zero-order chi connectivity index (χ0) is 13.0. The highest BCUT2D eigenvalue weighted by atomic mass is 32.2. The molecule has 0 fully saturated rings. The van der Waals surface area contributed by atoms with Crippen LogP contribution in [0.1, 0.15) is 43.9 Å². The maximum Gasteiger partial charge on any atom is 0.0546 e. The molecule has 0 radical (unpaired) electrons.